The molecule has 0 bridgehead atoms. The summed E-state index contributed by atoms with van der Waals surface area (Å²) in [5, 5.41) is 10.0. The smallest absolute Gasteiger partial charge is 0.335 e. The van der Waals surface area contributed by atoms with Crippen LogP contribution in [0.5, 0.6) is 0 Å². The summed E-state index contributed by atoms with van der Waals surface area (Å²) in [4.78, 5) is 11.5. The van der Waals surface area contributed by atoms with Crippen molar-refractivity contribution in [2.75, 3.05) is 6.54 Å². The molecule has 2 aromatic rings. The highest BCUT2D eigenvalue weighted by atomic mass is 35.5. The van der Waals surface area contributed by atoms with Crippen molar-refractivity contribution in [1.29, 1.82) is 0 Å². The van der Waals surface area contributed by atoms with Gasteiger partial charge in [-0.25, -0.2) is 8.42 Å². The zero-order valence-electron chi connectivity index (χ0n) is 12.7. The minimum absolute atomic E-state index is 0.0149. The highest BCUT2D eigenvalue weighted by molar-refractivity contribution is 7.90. The van der Waals surface area contributed by atoms with E-state index in [1.807, 2.05) is 0 Å². The Hall–Kier alpha value is -1.93. The molecule has 0 radical (unpaired) electrons. The van der Waals surface area contributed by atoms with Crippen molar-refractivity contribution in [2.45, 2.75) is 30.2 Å². The van der Waals surface area contributed by atoms with Crippen LogP contribution in [0.1, 0.15) is 24.3 Å². The van der Waals surface area contributed by atoms with Gasteiger partial charge in [0, 0.05) is 23.9 Å². The molecule has 0 aliphatic heterocycles. The highest BCUT2D eigenvalue weighted by Gasteiger charge is 2.29. The van der Waals surface area contributed by atoms with Gasteiger partial charge in [0.2, 0.25) is 21.6 Å². The first kappa shape index (κ1) is 16.9. The Morgan fingerprint density at radius 2 is 2.04 bits per heavy atom. The van der Waals surface area contributed by atoms with E-state index in [0.717, 1.165) is 12.8 Å². The van der Waals surface area contributed by atoms with Crippen molar-refractivity contribution in [3.05, 3.63) is 40.7 Å². The van der Waals surface area contributed by atoms with Crippen LogP contribution in [-0.4, -0.2) is 31.1 Å². The van der Waals surface area contributed by atoms with Crippen molar-refractivity contribution in [2.24, 2.45) is 5.92 Å². The zero-order chi connectivity index (χ0) is 17.2. The summed E-state index contributed by atoms with van der Waals surface area (Å²) < 4.78 is 29.9. The van der Waals surface area contributed by atoms with Gasteiger partial charge >= 0.3 is 5.22 Å². The van der Waals surface area contributed by atoms with E-state index in [0.29, 0.717) is 17.1 Å². The topological polar surface area (TPSA) is 102 Å². The van der Waals surface area contributed by atoms with E-state index in [4.69, 9.17) is 16.0 Å². The SMILES string of the molecule is O=C(NCCc1nnc(S(=O)(=O)Cc2ccccc2Cl)o1)C1CC1. The first-order chi connectivity index (χ1) is 11.5. The number of carbonyl (C=O) groups excluding carboxylic acids is 1. The molecule has 0 spiro atoms. The van der Waals surface area contributed by atoms with Crippen molar-refractivity contribution < 1.29 is 17.6 Å². The molecule has 1 saturated carbocycles. The molecule has 9 heteroatoms. The average Bonchev–Trinajstić information content (AvgIpc) is 3.28. The number of carbonyl (C=O) groups is 1. The zero-order valence-corrected chi connectivity index (χ0v) is 14.3. The molecule has 1 aromatic carbocycles. The Labute approximate surface area is 144 Å². The molecule has 1 N–H and O–H groups in total. The van der Waals surface area contributed by atoms with E-state index in [1.165, 1.54) is 0 Å². The lowest BCUT2D eigenvalue weighted by atomic mass is 10.2. The molecule has 3 rings (SSSR count). The average molecular weight is 370 g/mol. The van der Waals surface area contributed by atoms with Gasteiger partial charge in [0.05, 0.1) is 5.75 Å². The minimum atomic E-state index is -3.77. The molecule has 1 aliphatic carbocycles. The van der Waals surface area contributed by atoms with Crippen LogP contribution in [0.25, 0.3) is 0 Å². The highest BCUT2D eigenvalue weighted by Crippen LogP contribution is 2.28. The van der Waals surface area contributed by atoms with Crippen LogP contribution in [0.4, 0.5) is 0 Å². The molecule has 1 aromatic heterocycles. The number of nitrogens with one attached hydrogen (secondary N) is 1. The monoisotopic (exact) mass is 369 g/mol. The van der Waals surface area contributed by atoms with E-state index < -0.39 is 15.1 Å². The third kappa shape index (κ3) is 4.12. The lowest BCUT2D eigenvalue weighted by molar-refractivity contribution is -0.122. The number of benzene rings is 1. The van der Waals surface area contributed by atoms with E-state index in [-0.39, 0.29) is 29.9 Å². The largest absolute Gasteiger partial charge is 0.412 e. The van der Waals surface area contributed by atoms with Crippen LogP contribution in [-0.2, 0) is 26.8 Å². The maximum atomic E-state index is 12.3. The van der Waals surface area contributed by atoms with Crippen LogP contribution < -0.4 is 5.32 Å². The fraction of sp³-hybridized carbons (Fsp3) is 0.400. The van der Waals surface area contributed by atoms with Gasteiger partial charge in [0.1, 0.15) is 0 Å². The standard InChI is InChI=1S/C15H16ClN3O4S/c16-12-4-2-1-3-11(12)9-24(21,22)15-19-18-13(23-15)7-8-17-14(20)10-5-6-10/h1-4,10H,5-9H2,(H,17,20). The van der Waals surface area contributed by atoms with Gasteiger partial charge in [-0.3, -0.25) is 4.79 Å². The van der Waals surface area contributed by atoms with Crippen molar-refractivity contribution in [3.63, 3.8) is 0 Å². The number of nitrogens with zero attached hydrogens (tertiary/aromatic N) is 2. The van der Waals surface area contributed by atoms with E-state index >= 15 is 0 Å². The predicted octanol–water partition coefficient (Wildman–Crippen LogP) is 1.77. The second kappa shape index (κ2) is 6.90. The lowest BCUT2D eigenvalue weighted by Gasteiger charge is -2.02. The molecule has 1 amide bonds. The number of aromatic nitrogens is 2. The van der Waals surface area contributed by atoms with E-state index in [9.17, 15) is 13.2 Å². The van der Waals surface area contributed by atoms with Crippen LogP contribution >= 0.6 is 11.6 Å². The molecule has 1 fully saturated rings. The number of rotatable bonds is 7. The van der Waals surface area contributed by atoms with Gasteiger partial charge in [0.15, 0.2) is 0 Å². The molecule has 0 atom stereocenters. The van der Waals surface area contributed by atoms with E-state index in [2.05, 4.69) is 15.5 Å². The summed E-state index contributed by atoms with van der Waals surface area (Å²) in [7, 11) is -3.77. The fourth-order valence-corrected chi connectivity index (χ4v) is 3.58. The summed E-state index contributed by atoms with van der Waals surface area (Å²) in [6.45, 7) is 0.335. The Bertz CT molecular complexity index is 846. The van der Waals surface area contributed by atoms with Crippen molar-refractivity contribution in [3.8, 4) is 0 Å². The quantitative estimate of drug-likeness (QED) is 0.797. The van der Waals surface area contributed by atoms with Crippen LogP contribution in [0.15, 0.2) is 33.9 Å². The normalized spacial score (nSPS) is 14.5. The minimum Gasteiger partial charge on any atom is -0.412 e. The molecule has 128 valence electrons. The first-order valence-electron chi connectivity index (χ1n) is 7.52. The number of hydrogen-bond acceptors (Lipinski definition) is 6. The fourth-order valence-electron chi connectivity index (χ4n) is 2.13. The maximum Gasteiger partial charge on any atom is 0.335 e. The number of halogens is 1. The number of hydrogen-bond donors (Lipinski definition) is 1. The van der Waals surface area contributed by atoms with Gasteiger partial charge in [-0.15, -0.1) is 5.10 Å². The summed E-state index contributed by atoms with van der Waals surface area (Å²) in [6, 6.07) is 6.68. The first-order valence-corrected chi connectivity index (χ1v) is 9.55. The van der Waals surface area contributed by atoms with E-state index in [1.54, 1.807) is 24.3 Å². The van der Waals surface area contributed by atoms with Crippen LogP contribution in [0.2, 0.25) is 5.02 Å². The lowest BCUT2D eigenvalue weighted by Crippen LogP contribution is -2.26. The molecule has 1 heterocycles. The summed E-state index contributed by atoms with van der Waals surface area (Å²) in [6.07, 6.45) is 2.14. The second-order valence-corrected chi connectivity index (χ2v) is 7.90. The molecule has 0 unspecified atom stereocenters. The van der Waals surface area contributed by atoms with Gasteiger partial charge < -0.3 is 9.73 Å². The van der Waals surface area contributed by atoms with Crippen molar-refractivity contribution >= 4 is 27.3 Å². The Balaban J connectivity index is 1.61. The number of sulfone groups is 1. The summed E-state index contributed by atoms with van der Waals surface area (Å²) >= 11 is 5.98. The van der Waals surface area contributed by atoms with Crippen molar-refractivity contribution in [1.82, 2.24) is 15.5 Å². The third-order valence-electron chi connectivity index (χ3n) is 3.60. The van der Waals surface area contributed by atoms with Gasteiger partial charge in [0.25, 0.3) is 0 Å². The van der Waals surface area contributed by atoms with Gasteiger partial charge in [-0.05, 0) is 24.5 Å². The van der Waals surface area contributed by atoms with Crippen LogP contribution in [0, 0.1) is 5.92 Å². The third-order valence-corrected chi connectivity index (χ3v) is 5.36. The Morgan fingerprint density at radius 1 is 1.29 bits per heavy atom. The molecule has 24 heavy (non-hydrogen) atoms. The summed E-state index contributed by atoms with van der Waals surface area (Å²) in [5.41, 5.74) is 0.468. The molecule has 7 nitrogen and oxygen atoms in total. The summed E-state index contributed by atoms with van der Waals surface area (Å²) in [5.74, 6) is -0.00337. The number of amides is 1. The van der Waals surface area contributed by atoms with Crippen LogP contribution in [0.3, 0.4) is 0 Å². The molecule has 0 saturated heterocycles. The van der Waals surface area contributed by atoms with Gasteiger partial charge in [-0.1, -0.05) is 34.9 Å². The van der Waals surface area contributed by atoms with Gasteiger partial charge in [-0.2, -0.15) is 0 Å². The maximum absolute atomic E-state index is 12.3. The molecular weight excluding hydrogens is 354 g/mol. The molecular formula is C15H16ClN3O4S. The Morgan fingerprint density at radius 3 is 2.75 bits per heavy atom. The Kier molecular flexibility index (Phi) is 4.86. The second-order valence-electron chi connectivity index (χ2n) is 5.63. The molecule has 1 aliphatic rings. The predicted molar refractivity (Wildman–Crippen MR) is 86.1 cm³/mol.